The standard InChI is InChI=1S/C9H20N2.C2H6/c1-2-7-3-4-9(11)5-8(7)6-10;1-2/h7-9H,2-6,10-11H2,1H3;1-2H3. The van der Waals surface area contributed by atoms with Gasteiger partial charge in [0.05, 0.1) is 0 Å². The first kappa shape index (κ1) is 12.9. The Bertz CT molecular complexity index is 115. The third-order valence-corrected chi connectivity index (χ3v) is 3.01. The predicted molar refractivity (Wildman–Crippen MR) is 59.5 cm³/mol. The second kappa shape index (κ2) is 7.34. The predicted octanol–water partition coefficient (Wildman–Crippen LogP) is 2.12. The van der Waals surface area contributed by atoms with Crippen molar-refractivity contribution in [3.63, 3.8) is 0 Å². The van der Waals surface area contributed by atoms with Gasteiger partial charge in [-0.1, -0.05) is 27.2 Å². The third-order valence-electron chi connectivity index (χ3n) is 3.01. The van der Waals surface area contributed by atoms with E-state index in [1.54, 1.807) is 0 Å². The van der Waals surface area contributed by atoms with Crippen LogP contribution < -0.4 is 11.5 Å². The summed E-state index contributed by atoms with van der Waals surface area (Å²) in [5.74, 6) is 1.54. The molecule has 0 aromatic rings. The van der Waals surface area contributed by atoms with Crippen LogP contribution in [0, 0.1) is 11.8 Å². The average Bonchev–Trinajstić information content (AvgIpc) is 2.20. The molecule has 0 aromatic heterocycles. The average molecular weight is 186 g/mol. The number of hydrogen-bond donors (Lipinski definition) is 2. The first-order chi connectivity index (χ1) is 6.27. The van der Waals surface area contributed by atoms with Gasteiger partial charge in [-0.3, -0.25) is 0 Å². The lowest BCUT2D eigenvalue weighted by atomic mass is 9.76. The Morgan fingerprint density at radius 2 is 1.77 bits per heavy atom. The monoisotopic (exact) mass is 186 g/mol. The highest BCUT2D eigenvalue weighted by atomic mass is 14.7. The van der Waals surface area contributed by atoms with E-state index in [-0.39, 0.29) is 0 Å². The minimum absolute atomic E-state index is 0.423. The van der Waals surface area contributed by atoms with Gasteiger partial charge in [0.25, 0.3) is 0 Å². The molecule has 1 saturated carbocycles. The summed E-state index contributed by atoms with van der Waals surface area (Å²) >= 11 is 0. The lowest BCUT2D eigenvalue weighted by Gasteiger charge is -2.33. The molecule has 1 rings (SSSR count). The highest BCUT2D eigenvalue weighted by Gasteiger charge is 2.26. The minimum atomic E-state index is 0.423. The van der Waals surface area contributed by atoms with Gasteiger partial charge in [0.1, 0.15) is 0 Å². The third kappa shape index (κ3) is 4.10. The normalized spacial score (nSPS) is 33.5. The molecule has 2 heteroatoms. The van der Waals surface area contributed by atoms with Crippen molar-refractivity contribution in [1.29, 1.82) is 0 Å². The molecule has 0 radical (unpaired) electrons. The summed E-state index contributed by atoms with van der Waals surface area (Å²) in [6, 6.07) is 0.423. The summed E-state index contributed by atoms with van der Waals surface area (Å²) < 4.78 is 0. The van der Waals surface area contributed by atoms with Crippen molar-refractivity contribution >= 4 is 0 Å². The van der Waals surface area contributed by atoms with Gasteiger partial charge in [0.15, 0.2) is 0 Å². The molecule has 0 amide bonds. The Hall–Kier alpha value is -0.0800. The van der Waals surface area contributed by atoms with Gasteiger partial charge in [0.2, 0.25) is 0 Å². The number of hydrogen-bond acceptors (Lipinski definition) is 2. The van der Waals surface area contributed by atoms with Crippen LogP contribution in [0.3, 0.4) is 0 Å². The SMILES string of the molecule is CC.CCC1CCC(N)CC1CN. The zero-order chi connectivity index (χ0) is 10.3. The Labute approximate surface area is 83.1 Å². The maximum atomic E-state index is 5.86. The summed E-state index contributed by atoms with van der Waals surface area (Å²) in [6.45, 7) is 7.08. The highest BCUT2D eigenvalue weighted by molar-refractivity contribution is 4.81. The van der Waals surface area contributed by atoms with Crippen LogP contribution in [0.4, 0.5) is 0 Å². The molecule has 3 atom stereocenters. The molecule has 0 bridgehead atoms. The van der Waals surface area contributed by atoms with Crippen molar-refractivity contribution in [2.24, 2.45) is 23.3 Å². The molecule has 0 heterocycles. The summed E-state index contributed by atoms with van der Waals surface area (Å²) in [5, 5.41) is 0. The maximum absolute atomic E-state index is 5.86. The lowest BCUT2D eigenvalue weighted by Crippen LogP contribution is -2.36. The topological polar surface area (TPSA) is 52.0 Å². The van der Waals surface area contributed by atoms with Gasteiger partial charge >= 0.3 is 0 Å². The Morgan fingerprint density at radius 3 is 2.23 bits per heavy atom. The van der Waals surface area contributed by atoms with Crippen molar-refractivity contribution in [2.45, 2.75) is 52.5 Å². The van der Waals surface area contributed by atoms with Crippen LogP contribution in [0.25, 0.3) is 0 Å². The van der Waals surface area contributed by atoms with Gasteiger partial charge < -0.3 is 11.5 Å². The quantitative estimate of drug-likeness (QED) is 0.694. The van der Waals surface area contributed by atoms with Crippen LogP contribution in [-0.2, 0) is 0 Å². The Kier molecular flexibility index (Phi) is 7.29. The van der Waals surface area contributed by atoms with Crippen LogP contribution in [0.5, 0.6) is 0 Å². The highest BCUT2D eigenvalue weighted by Crippen LogP contribution is 2.30. The van der Waals surface area contributed by atoms with Crippen LogP contribution in [-0.4, -0.2) is 12.6 Å². The molecular weight excluding hydrogens is 160 g/mol. The zero-order valence-electron chi connectivity index (χ0n) is 9.42. The molecule has 13 heavy (non-hydrogen) atoms. The van der Waals surface area contributed by atoms with Crippen LogP contribution in [0.15, 0.2) is 0 Å². The van der Waals surface area contributed by atoms with Gasteiger partial charge in [0, 0.05) is 6.04 Å². The van der Waals surface area contributed by atoms with E-state index in [1.807, 2.05) is 13.8 Å². The molecule has 4 N–H and O–H groups in total. The van der Waals surface area contributed by atoms with Crippen LogP contribution in [0.1, 0.15) is 46.5 Å². The number of nitrogens with two attached hydrogens (primary N) is 2. The molecule has 80 valence electrons. The van der Waals surface area contributed by atoms with E-state index in [2.05, 4.69) is 6.92 Å². The minimum Gasteiger partial charge on any atom is -0.330 e. The van der Waals surface area contributed by atoms with E-state index in [4.69, 9.17) is 11.5 Å². The first-order valence-electron chi connectivity index (χ1n) is 5.73. The summed E-state index contributed by atoms with van der Waals surface area (Å²) in [5.41, 5.74) is 11.5. The Morgan fingerprint density at radius 1 is 1.15 bits per heavy atom. The van der Waals surface area contributed by atoms with Crippen LogP contribution in [0.2, 0.25) is 0 Å². The van der Waals surface area contributed by atoms with Gasteiger partial charge in [-0.05, 0) is 37.6 Å². The summed E-state index contributed by atoms with van der Waals surface area (Å²) in [7, 11) is 0. The van der Waals surface area contributed by atoms with Gasteiger partial charge in [-0.25, -0.2) is 0 Å². The molecule has 0 saturated heterocycles. The molecule has 1 fully saturated rings. The fourth-order valence-electron chi connectivity index (χ4n) is 2.19. The second-order valence-electron chi connectivity index (χ2n) is 3.74. The lowest BCUT2D eigenvalue weighted by molar-refractivity contribution is 0.216. The summed E-state index contributed by atoms with van der Waals surface area (Å²) in [4.78, 5) is 0. The number of rotatable bonds is 2. The smallest absolute Gasteiger partial charge is 0.00421 e. The molecule has 0 spiro atoms. The summed E-state index contributed by atoms with van der Waals surface area (Å²) in [6.07, 6.45) is 4.91. The zero-order valence-corrected chi connectivity index (χ0v) is 9.42. The molecular formula is C11H26N2. The van der Waals surface area contributed by atoms with Crippen molar-refractivity contribution in [2.75, 3.05) is 6.54 Å². The van der Waals surface area contributed by atoms with Crippen molar-refractivity contribution < 1.29 is 0 Å². The van der Waals surface area contributed by atoms with Crippen molar-refractivity contribution in [3.8, 4) is 0 Å². The van der Waals surface area contributed by atoms with E-state index in [9.17, 15) is 0 Å². The van der Waals surface area contributed by atoms with Gasteiger partial charge in [-0.15, -0.1) is 0 Å². The fraction of sp³-hybridized carbons (Fsp3) is 1.00. The molecule has 3 unspecified atom stereocenters. The van der Waals surface area contributed by atoms with E-state index >= 15 is 0 Å². The van der Waals surface area contributed by atoms with Crippen molar-refractivity contribution in [3.05, 3.63) is 0 Å². The van der Waals surface area contributed by atoms with Gasteiger partial charge in [-0.2, -0.15) is 0 Å². The van der Waals surface area contributed by atoms with E-state index in [0.717, 1.165) is 18.9 Å². The van der Waals surface area contributed by atoms with E-state index in [1.165, 1.54) is 19.3 Å². The molecule has 0 aliphatic heterocycles. The van der Waals surface area contributed by atoms with E-state index < -0.39 is 0 Å². The fourth-order valence-corrected chi connectivity index (χ4v) is 2.19. The van der Waals surface area contributed by atoms with E-state index in [0.29, 0.717) is 12.0 Å². The molecule has 2 nitrogen and oxygen atoms in total. The maximum Gasteiger partial charge on any atom is 0.00421 e. The van der Waals surface area contributed by atoms with Crippen LogP contribution >= 0.6 is 0 Å². The first-order valence-corrected chi connectivity index (χ1v) is 5.73. The van der Waals surface area contributed by atoms with Crippen molar-refractivity contribution in [1.82, 2.24) is 0 Å². The molecule has 1 aliphatic carbocycles. The molecule has 1 aliphatic rings. The largest absolute Gasteiger partial charge is 0.330 e. The Balaban J connectivity index is 0.000000671. The molecule has 0 aromatic carbocycles. The second-order valence-corrected chi connectivity index (χ2v) is 3.74.